The fourth-order valence-electron chi connectivity index (χ4n) is 0.847. The van der Waals surface area contributed by atoms with Crippen molar-refractivity contribution in [2.45, 2.75) is 6.92 Å². The molecule has 0 bridgehead atoms. The fourth-order valence-corrected chi connectivity index (χ4v) is 0.847. The predicted molar refractivity (Wildman–Crippen MR) is 49.1 cm³/mol. The van der Waals surface area contributed by atoms with Crippen LogP contribution in [0.15, 0.2) is 30.8 Å². The Hall–Kier alpha value is -1.48. The molecule has 0 aromatic heterocycles. The van der Waals surface area contributed by atoms with Gasteiger partial charge in [-0.15, -0.1) is 5.92 Å². The molecule has 0 atom stereocenters. The first-order valence-corrected chi connectivity index (χ1v) is 3.52. The van der Waals surface area contributed by atoms with Gasteiger partial charge in [-0.3, -0.25) is 0 Å². The third-order valence-corrected chi connectivity index (χ3v) is 1.42. The Morgan fingerprint density at radius 1 is 1.27 bits per heavy atom. The molecule has 0 amide bonds. The predicted octanol–water partition coefficient (Wildman–Crippen LogP) is 2.70. The van der Waals surface area contributed by atoms with E-state index in [0.29, 0.717) is 0 Å². The van der Waals surface area contributed by atoms with Crippen LogP contribution in [-0.2, 0) is 0 Å². The van der Waals surface area contributed by atoms with E-state index in [1.165, 1.54) is 0 Å². The van der Waals surface area contributed by atoms with Crippen LogP contribution in [0, 0.1) is 11.8 Å². The van der Waals surface area contributed by atoms with Crippen LogP contribution in [-0.4, -0.2) is 0 Å². The monoisotopic (exact) mass is 142 g/mol. The molecule has 0 aliphatic rings. The molecule has 0 aliphatic heterocycles. The van der Waals surface area contributed by atoms with Crippen LogP contribution in [0.5, 0.6) is 0 Å². The molecule has 0 heteroatoms. The van der Waals surface area contributed by atoms with Crippen LogP contribution in [0.4, 0.5) is 0 Å². The Kier molecular flexibility index (Phi) is 2.52. The zero-order valence-corrected chi connectivity index (χ0v) is 6.59. The SMILES string of the molecule is C=Cc1ccc(C#CC)cc1. The highest BCUT2D eigenvalue weighted by Gasteiger charge is 1.85. The van der Waals surface area contributed by atoms with Crippen molar-refractivity contribution in [3.8, 4) is 11.8 Å². The Morgan fingerprint density at radius 2 is 1.91 bits per heavy atom. The lowest BCUT2D eigenvalue weighted by atomic mass is 10.1. The standard InChI is InChI=1S/C11H10/c1-3-5-11-8-6-10(4-2)7-9-11/h4,6-9H,2H2,1H3. The van der Waals surface area contributed by atoms with E-state index in [-0.39, 0.29) is 0 Å². The second-order valence-corrected chi connectivity index (χ2v) is 2.20. The van der Waals surface area contributed by atoms with Gasteiger partial charge >= 0.3 is 0 Å². The molecule has 54 valence electrons. The Balaban J connectivity index is 2.97. The first-order valence-electron chi connectivity index (χ1n) is 3.52. The van der Waals surface area contributed by atoms with Gasteiger partial charge in [-0.05, 0) is 24.6 Å². The molecule has 0 radical (unpaired) electrons. The smallest absolute Gasteiger partial charge is 0.0245 e. The van der Waals surface area contributed by atoms with Gasteiger partial charge in [0.15, 0.2) is 0 Å². The Morgan fingerprint density at radius 3 is 2.36 bits per heavy atom. The summed E-state index contributed by atoms with van der Waals surface area (Å²) in [7, 11) is 0. The van der Waals surface area contributed by atoms with Crippen molar-refractivity contribution in [3.05, 3.63) is 42.0 Å². The summed E-state index contributed by atoms with van der Waals surface area (Å²) >= 11 is 0. The first kappa shape index (κ1) is 7.63. The van der Waals surface area contributed by atoms with Crippen molar-refractivity contribution in [2.24, 2.45) is 0 Å². The van der Waals surface area contributed by atoms with Gasteiger partial charge in [-0.25, -0.2) is 0 Å². The van der Waals surface area contributed by atoms with Crippen molar-refractivity contribution in [1.82, 2.24) is 0 Å². The summed E-state index contributed by atoms with van der Waals surface area (Å²) < 4.78 is 0. The highest BCUT2D eigenvalue weighted by Crippen LogP contribution is 2.03. The second-order valence-electron chi connectivity index (χ2n) is 2.20. The molecule has 1 aromatic rings. The van der Waals surface area contributed by atoms with Gasteiger partial charge in [0.25, 0.3) is 0 Å². The van der Waals surface area contributed by atoms with Crippen molar-refractivity contribution >= 4 is 6.08 Å². The molecule has 0 saturated heterocycles. The van der Waals surface area contributed by atoms with E-state index in [4.69, 9.17) is 0 Å². The van der Waals surface area contributed by atoms with Crippen LogP contribution in [0.1, 0.15) is 18.1 Å². The molecule has 0 fully saturated rings. The van der Waals surface area contributed by atoms with E-state index in [1.807, 2.05) is 37.3 Å². The molecule has 1 rings (SSSR count). The topological polar surface area (TPSA) is 0 Å². The number of rotatable bonds is 1. The summed E-state index contributed by atoms with van der Waals surface area (Å²) in [5.41, 5.74) is 2.18. The van der Waals surface area contributed by atoms with Gasteiger partial charge in [0.05, 0.1) is 0 Å². The summed E-state index contributed by atoms with van der Waals surface area (Å²) in [4.78, 5) is 0. The molecule has 0 nitrogen and oxygen atoms in total. The van der Waals surface area contributed by atoms with Crippen molar-refractivity contribution < 1.29 is 0 Å². The zero-order chi connectivity index (χ0) is 8.10. The van der Waals surface area contributed by atoms with Crippen molar-refractivity contribution in [3.63, 3.8) is 0 Å². The maximum absolute atomic E-state index is 3.67. The molecular weight excluding hydrogens is 132 g/mol. The maximum Gasteiger partial charge on any atom is 0.0245 e. The quantitative estimate of drug-likeness (QED) is 0.529. The number of hydrogen-bond acceptors (Lipinski definition) is 0. The maximum atomic E-state index is 3.67. The van der Waals surface area contributed by atoms with Crippen molar-refractivity contribution in [1.29, 1.82) is 0 Å². The molecule has 1 aromatic carbocycles. The summed E-state index contributed by atoms with van der Waals surface area (Å²) in [6.07, 6.45) is 1.82. The molecule has 0 N–H and O–H groups in total. The van der Waals surface area contributed by atoms with Crippen molar-refractivity contribution in [2.75, 3.05) is 0 Å². The first-order chi connectivity index (χ1) is 5.36. The lowest BCUT2D eigenvalue weighted by molar-refractivity contribution is 1.61. The average Bonchev–Trinajstić information content (AvgIpc) is 2.07. The second kappa shape index (κ2) is 3.63. The largest absolute Gasteiger partial charge is 0.101 e. The Bertz CT molecular complexity index is 293. The van der Waals surface area contributed by atoms with Gasteiger partial charge in [0, 0.05) is 5.56 Å². The normalized spacial score (nSPS) is 8.09. The van der Waals surface area contributed by atoms with Gasteiger partial charge in [0.1, 0.15) is 0 Å². The van der Waals surface area contributed by atoms with Crippen LogP contribution < -0.4 is 0 Å². The number of benzene rings is 1. The van der Waals surface area contributed by atoms with E-state index in [9.17, 15) is 0 Å². The Labute approximate surface area is 67.6 Å². The lowest BCUT2D eigenvalue weighted by Gasteiger charge is -1.91. The average molecular weight is 142 g/mol. The minimum atomic E-state index is 1.05. The third kappa shape index (κ3) is 1.98. The van der Waals surface area contributed by atoms with E-state index < -0.39 is 0 Å². The molecule has 0 heterocycles. The van der Waals surface area contributed by atoms with E-state index in [2.05, 4.69) is 18.4 Å². The molecule has 0 spiro atoms. The van der Waals surface area contributed by atoms with Crippen LogP contribution in [0.2, 0.25) is 0 Å². The summed E-state index contributed by atoms with van der Waals surface area (Å²) in [5, 5.41) is 0. The van der Waals surface area contributed by atoms with Gasteiger partial charge in [-0.1, -0.05) is 30.7 Å². The fraction of sp³-hybridized carbons (Fsp3) is 0.0909. The molecule has 0 saturated carbocycles. The molecule has 0 unspecified atom stereocenters. The van der Waals surface area contributed by atoms with Gasteiger partial charge < -0.3 is 0 Å². The minimum Gasteiger partial charge on any atom is -0.101 e. The molecule has 0 aliphatic carbocycles. The highest BCUT2D eigenvalue weighted by molar-refractivity contribution is 5.49. The highest BCUT2D eigenvalue weighted by atomic mass is 13.9. The van der Waals surface area contributed by atoms with Gasteiger partial charge in [0.2, 0.25) is 0 Å². The van der Waals surface area contributed by atoms with E-state index in [0.717, 1.165) is 11.1 Å². The van der Waals surface area contributed by atoms with Crippen LogP contribution in [0.25, 0.3) is 6.08 Å². The van der Waals surface area contributed by atoms with E-state index >= 15 is 0 Å². The van der Waals surface area contributed by atoms with Crippen LogP contribution >= 0.6 is 0 Å². The number of hydrogen-bond donors (Lipinski definition) is 0. The van der Waals surface area contributed by atoms with Gasteiger partial charge in [-0.2, -0.15) is 0 Å². The minimum absolute atomic E-state index is 1.05. The van der Waals surface area contributed by atoms with E-state index in [1.54, 1.807) is 0 Å². The van der Waals surface area contributed by atoms with Crippen LogP contribution in [0.3, 0.4) is 0 Å². The third-order valence-electron chi connectivity index (χ3n) is 1.42. The summed E-state index contributed by atoms with van der Waals surface area (Å²) in [6, 6.07) is 8.00. The summed E-state index contributed by atoms with van der Waals surface area (Å²) in [5.74, 6) is 5.82. The lowest BCUT2D eigenvalue weighted by Crippen LogP contribution is -1.73. The molecular formula is C11H10. The zero-order valence-electron chi connectivity index (χ0n) is 6.59. The molecule has 11 heavy (non-hydrogen) atoms. The summed E-state index contributed by atoms with van der Waals surface area (Å²) in [6.45, 7) is 5.51.